The van der Waals surface area contributed by atoms with Crippen molar-refractivity contribution in [2.75, 3.05) is 47.5 Å². The third kappa shape index (κ3) is 65.6. The summed E-state index contributed by atoms with van der Waals surface area (Å²) in [6, 6.07) is 0. The number of carboxylic acids is 1. The number of unbranched alkanes of at least 4 members (excludes halogenated alkanes) is 32. The highest BCUT2D eigenvalue weighted by atomic mass is 16.7. The van der Waals surface area contributed by atoms with Crippen molar-refractivity contribution in [2.45, 2.75) is 309 Å². The predicted molar refractivity (Wildman–Crippen MR) is 355 cm³/mol. The summed E-state index contributed by atoms with van der Waals surface area (Å²) in [5, 5.41) is 9.73. The normalized spacial score (nSPS) is 13.3. The van der Waals surface area contributed by atoms with E-state index in [-0.39, 0.29) is 32.2 Å². The van der Waals surface area contributed by atoms with Gasteiger partial charge in [0.25, 0.3) is 6.29 Å². The van der Waals surface area contributed by atoms with Crippen molar-refractivity contribution in [1.29, 1.82) is 0 Å². The van der Waals surface area contributed by atoms with Crippen LogP contribution >= 0.6 is 0 Å². The van der Waals surface area contributed by atoms with E-state index in [0.29, 0.717) is 23.9 Å². The summed E-state index contributed by atoms with van der Waals surface area (Å²) in [6.45, 7) is 4.75. The van der Waals surface area contributed by atoms with E-state index in [1.807, 2.05) is 21.1 Å². The Labute approximate surface area is 512 Å². The average molecular weight is 1160 g/mol. The van der Waals surface area contributed by atoms with Crippen LogP contribution in [0.25, 0.3) is 0 Å². The Kier molecular flexibility index (Phi) is 61.3. The SMILES string of the molecule is CC/C=C\C/C=C\C/C=C\C/C=C\C/C=C\CCCCCCCC(=O)OC(COC(=O)CCCCCCCCCCCCCCCCCCCCCCCC/C=C\C/C=C\C/C=C\CCCCCCC)COC(OCC[N+](C)(C)C)C(=O)O. The fourth-order valence-corrected chi connectivity index (χ4v) is 9.58. The zero-order chi connectivity index (χ0) is 60.5. The number of rotatable bonds is 63. The van der Waals surface area contributed by atoms with E-state index in [1.54, 1.807) is 0 Å². The number of esters is 2. The molecule has 0 aromatic carbocycles. The van der Waals surface area contributed by atoms with Crippen molar-refractivity contribution in [3.63, 3.8) is 0 Å². The molecule has 0 saturated heterocycles. The molecule has 0 saturated carbocycles. The molecule has 2 unspecified atom stereocenters. The lowest BCUT2D eigenvalue weighted by molar-refractivity contribution is -0.870. The third-order valence-electron chi connectivity index (χ3n) is 14.8. The number of carbonyl (C=O) groups excluding carboxylic acids is 2. The van der Waals surface area contributed by atoms with Crippen LogP contribution in [0.5, 0.6) is 0 Å². The molecule has 0 spiro atoms. The van der Waals surface area contributed by atoms with Gasteiger partial charge in [0.2, 0.25) is 0 Å². The monoisotopic (exact) mass is 1160 g/mol. The van der Waals surface area contributed by atoms with Crippen LogP contribution in [-0.2, 0) is 33.3 Å². The quantitative estimate of drug-likeness (QED) is 0.0211. The first-order valence-corrected chi connectivity index (χ1v) is 34.4. The fraction of sp³-hybridized carbons (Fsp3) is 0.743. The van der Waals surface area contributed by atoms with Gasteiger partial charge in [-0.25, -0.2) is 4.79 Å². The molecule has 0 aliphatic carbocycles. The van der Waals surface area contributed by atoms with E-state index < -0.39 is 24.3 Å². The van der Waals surface area contributed by atoms with Crippen LogP contribution in [0.15, 0.2) is 97.2 Å². The molecular formula is C74H130NO8+. The summed E-state index contributed by atoms with van der Waals surface area (Å²) < 4.78 is 22.9. The first kappa shape index (κ1) is 79.2. The molecular weight excluding hydrogens is 1030 g/mol. The first-order valence-electron chi connectivity index (χ1n) is 34.4. The van der Waals surface area contributed by atoms with Gasteiger partial charge >= 0.3 is 17.9 Å². The molecule has 2 atom stereocenters. The minimum absolute atomic E-state index is 0.180. The van der Waals surface area contributed by atoms with Crippen molar-refractivity contribution >= 4 is 17.9 Å². The van der Waals surface area contributed by atoms with E-state index in [0.717, 1.165) is 96.3 Å². The lowest BCUT2D eigenvalue weighted by atomic mass is 10.0. The van der Waals surface area contributed by atoms with Gasteiger partial charge in [-0.1, -0.05) is 284 Å². The van der Waals surface area contributed by atoms with Gasteiger partial charge in [-0.05, 0) is 96.3 Å². The van der Waals surface area contributed by atoms with Crippen LogP contribution in [0.2, 0.25) is 0 Å². The van der Waals surface area contributed by atoms with Gasteiger partial charge in [0.05, 0.1) is 34.4 Å². The second-order valence-electron chi connectivity index (χ2n) is 24.1. The zero-order valence-electron chi connectivity index (χ0n) is 54.6. The maximum atomic E-state index is 12.9. The summed E-state index contributed by atoms with van der Waals surface area (Å²) in [7, 11) is 5.97. The summed E-state index contributed by atoms with van der Waals surface area (Å²) in [6.07, 6.45) is 85.3. The number of carbonyl (C=O) groups is 3. The third-order valence-corrected chi connectivity index (χ3v) is 14.8. The standard InChI is InChI=1S/C74H129NO8/c1-6-8-10-12-14-16-18-20-22-24-26-28-29-30-31-32-33-34-35-36-37-38-39-40-41-42-43-45-46-48-50-52-54-56-58-60-62-64-71(76)81-68-70(69-82-74(73(78)79)80-67-66-75(3,4)5)83-72(77)65-63-61-59-57-55-53-51-49-47-44-27-25-23-21-19-17-15-13-11-9-7-2/h9,11,15,17-18,20-21,23-24,26-27,29-30,44,49,51,70,74H,6-8,10,12-14,16,19,22,25,28,31-43,45-48,50,52-69H2,1-5H3/p+1/b11-9-,17-15-,20-18-,23-21-,26-24-,30-29-,44-27-,51-49-. The molecule has 0 aromatic rings. The van der Waals surface area contributed by atoms with Gasteiger partial charge in [0, 0.05) is 12.8 Å². The molecule has 0 heterocycles. The number of aliphatic carboxylic acids is 1. The minimum Gasteiger partial charge on any atom is -0.477 e. The Morgan fingerprint density at radius 3 is 1.02 bits per heavy atom. The van der Waals surface area contributed by atoms with Gasteiger partial charge in [0.1, 0.15) is 13.2 Å². The highest BCUT2D eigenvalue weighted by Crippen LogP contribution is 2.17. The molecule has 9 nitrogen and oxygen atoms in total. The molecule has 0 aromatic heterocycles. The number of nitrogens with zero attached hydrogens (tertiary/aromatic N) is 1. The predicted octanol–water partition coefficient (Wildman–Crippen LogP) is 21.2. The van der Waals surface area contributed by atoms with E-state index in [4.69, 9.17) is 18.9 Å². The number of carboxylic acid groups (broad SMARTS) is 1. The molecule has 0 bridgehead atoms. The van der Waals surface area contributed by atoms with E-state index in [9.17, 15) is 19.5 Å². The van der Waals surface area contributed by atoms with Crippen LogP contribution in [0, 0.1) is 0 Å². The Balaban J connectivity index is 4.06. The Bertz CT molecular complexity index is 1680. The average Bonchev–Trinajstić information content (AvgIpc) is 3.46. The number of allylic oxidation sites excluding steroid dienone is 16. The molecule has 0 aliphatic heterocycles. The first-order chi connectivity index (χ1) is 40.6. The lowest BCUT2D eigenvalue weighted by Crippen LogP contribution is -2.40. The molecule has 1 N–H and O–H groups in total. The fourth-order valence-electron chi connectivity index (χ4n) is 9.58. The minimum atomic E-state index is -1.52. The molecule has 0 radical (unpaired) electrons. The zero-order valence-corrected chi connectivity index (χ0v) is 54.6. The van der Waals surface area contributed by atoms with Crippen molar-refractivity contribution in [1.82, 2.24) is 0 Å². The summed E-state index contributed by atoms with van der Waals surface area (Å²) in [5.41, 5.74) is 0. The number of hydrogen-bond acceptors (Lipinski definition) is 7. The van der Waals surface area contributed by atoms with Crippen LogP contribution in [0.3, 0.4) is 0 Å². The topological polar surface area (TPSA) is 108 Å². The lowest BCUT2D eigenvalue weighted by Gasteiger charge is -2.25. The van der Waals surface area contributed by atoms with Crippen molar-refractivity contribution < 1.29 is 42.9 Å². The number of hydrogen-bond donors (Lipinski definition) is 1. The van der Waals surface area contributed by atoms with Crippen LogP contribution in [-0.4, -0.2) is 87.4 Å². The van der Waals surface area contributed by atoms with Crippen LogP contribution in [0.4, 0.5) is 0 Å². The molecule has 83 heavy (non-hydrogen) atoms. The van der Waals surface area contributed by atoms with E-state index in [1.165, 1.54) is 167 Å². The summed E-state index contributed by atoms with van der Waals surface area (Å²) in [5.74, 6) is -2.03. The van der Waals surface area contributed by atoms with E-state index in [2.05, 4.69) is 111 Å². The second kappa shape index (κ2) is 64.2. The van der Waals surface area contributed by atoms with Gasteiger partial charge in [0.15, 0.2) is 6.10 Å². The second-order valence-corrected chi connectivity index (χ2v) is 24.1. The Morgan fingerprint density at radius 2 is 0.687 bits per heavy atom. The molecule has 9 heteroatoms. The smallest absolute Gasteiger partial charge is 0.361 e. The Hall–Kier alpha value is -3.79. The summed E-state index contributed by atoms with van der Waals surface area (Å²) in [4.78, 5) is 37.6. The van der Waals surface area contributed by atoms with Crippen LogP contribution in [0.1, 0.15) is 296 Å². The highest BCUT2D eigenvalue weighted by molar-refractivity contribution is 5.71. The van der Waals surface area contributed by atoms with Gasteiger partial charge in [-0.15, -0.1) is 0 Å². The molecule has 0 rings (SSSR count). The van der Waals surface area contributed by atoms with Crippen molar-refractivity contribution in [3.05, 3.63) is 97.2 Å². The Morgan fingerprint density at radius 1 is 0.373 bits per heavy atom. The summed E-state index contributed by atoms with van der Waals surface area (Å²) >= 11 is 0. The van der Waals surface area contributed by atoms with E-state index >= 15 is 0 Å². The van der Waals surface area contributed by atoms with Crippen molar-refractivity contribution in [2.24, 2.45) is 0 Å². The maximum absolute atomic E-state index is 12.9. The van der Waals surface area contributed by atoms with Crippen LogP contribution < -0.4 is 0 Å². The highest BCUT2D eigenvalue weighted by Gasteiger charge is 2.25. The largest absolute Gasteiger partial charge is 0.477 e. The van der Waals surface area contributed by atoms with Gasteiger partial charge < -0.3 is 28.5 Å². The molecule has 0 aliphatic rings. The molecule has 0 amide bonds. The van der Waals surface area contributed by atoms with Gasteiger partial charge in [-0.3, -0.25) is 9.59 Å². The molecule has 478 valence electrons. The number of likely N-dealkylation sites (N-methyl/N-ethyl adjacent to an activating group) is 1. The number of ether oxygens (including phenoxy) is 4. The van der Waals surface area contributed by atoms with Crippen molar-refractivity contribution in [3.8, 4) is 0 Å². The van der Waals surface area contributed by atoms with Gasteiger partial charge in [-0.2, -0.15) is 0 Å². The molecule has 0 fully saturated rings. The number of quaternary nitrogens is 1. The maximum Gasteiger partial charge on any atom is 0.361 e.